The Labute approximate surface area is 98.7 Å². The van der Waals surface area contributed by atoms with E-state index in [0.29, 0.717) is 0 Å². The summed E-state index contributed by atoms with van der Waals surface area (Å²) in [5.41, 5.74) is 0. The third kappa shape index (κ3) is 11.4. The fourth-order valence-corrected chi connectivity index (χ4v) is 4.07. The smallest absolute Gasteiger partial charge is 0.112 e. The zero-order valence-corrected chi connectivity index (χ0v) is 12.9. The maximum atomic E-state index is 3.79. The highest BCUT2D eigenvalue weighted by Gasteiger charge is 2.17. The molecule has 0 nitrogen and oxygen atoms in total. The Hall–Kier alpha value is 1.43. The van der Waals surface area contributed by atoms with Crippen molar-refractivity contribution in [1.29, 1.82) is 0 Å². The Kier molecular flexibility index (Phi) is 8.72. The maximum Gasteiger partial charge on any atom is 0.193 e. The molecular formula is C9H20BrISi. The van der Waals surface area contributed by atoms with Crippen molar-refractivity contribution in [1.82, 2.24) is 0 Å². The lowest BCUT2D eigenvalue weighted by Gasteiger charge is -2.09. The monoisotopic (exact) mass is 362 g/mol. The molecule has 74 valence electrons. The zero-order chi connectivity index (χ0) is 9.45. The van der Waals surface area contributed by atoms with Crippen LogP contribution in [0.1, 0.15) is 45.4 Å². The first-order chi connectivity index (χ1) is 5.56. The first-order valence-electron chi connectivity index (χ1n) is 4.94. The molecule has 0 aliphatic rings. The Morgan fingerprint density at radius 2 is 1.58 bits per heavy atom. The van der Waals surface area contributed by atoms with E-state index >= 15 is 0 Å². The van der Waals surface area contributed by atoms with Crippen LogP contribution in [0.25, 0.3) is 0 Å². The van der Waals surface area contributed by atoms with Crippen molar-refractivity contribution in [2.24, 2.45) is 0 Å². The second-order valence-electron chi connectivity index (χ2n) is 3.59. The van der Waals surface area contributed by atoms with Crippen LogP contribution in [0.4, 0.5) is 0 Å². The van der Waals surface area contributed by atoms with E-state index in [1.54, 1.807) is 0 Å². The minimum Gasteiger partial charge on any atom is -0.112 e. The van der Waals surface area contributed by atoms with E-state index in [0.717, 1.165) is 0 Å². The van der Waals surface area contributed by atoms with Gasteiger partial charge in [-0.05, 0) is 6.04 Å². The average Bonchev–Trinajstić information content (AvgIpc) is 1.94. The molecule has 0 saturated heterocycles. The fourth-order valence-electron chi connectivity index (χ4n) is 1.22. The molecule has 1 unspecified atom stereocenters. The van der Waals surface area contributed by atoms with Crippen molar-refractivity contribution in [3.05, 3.63) is 0 Å². The van der Waals surface area contributed by atoms with Crippen LogP contribution in [0.15, 0.2) is 0 Å². The summed E-state index contributed by atoms with van der Waals surface area (Å²) >= 11 is 6.39. The van der Waals surface area contributed by atoms with Gasteiger partial charge in [-0.1, -0.05) is 52.0 Å². The van der Waals surface area contributed by atoms with E-state index in [2.05, 4.69) is 50.6 Å². The summed E-state index contributed by atoms with van der Waals surface area (Å²) in [5.74, 6) is 0. The van der Waals surface area contributed by atoms with Gasteiger partial charge in [0.25, 0.3) is 0 Å². The van der Waals surface area contributed by atoms with Gasteiger partial charge in [-0.15, -0.1) is 37.1 Å². The number of rotatable bonds is 7. The van der Waals surface area contributed by atoms with E-state index < -0.39 is 4.19 Å². The molecule has 0 aromatic carbocycles. The van der Waals surface area contributed by atoms with E-state index in [-0.39, 0.29) is 0 Å². The second-order valence-corrected chi connectivity index (χ2v) is 23.1. The van der Waals surface area contributed by atoms with Crippen LogP contribution in [-0.2, 0) is 0 Å². The molecule has 0 heterocycles. The van der Waals surface area contributed by atoms with Crippen molar-refractivity contribution in [3.63, 3.8) is 0 Å². The molecule has 0 aliphatic heterocycles. The molecular weight excluding hydrogens is 343 g/mol. The van der Waals surface area contributed by atoms with Crippen LogP contribution in [0.5, 0.6) is 0 Å². The highest BCUT2D eigenvalue weighted by atomic mass is 127. The first kappa shape index (κ1) is 13.4. The molecule has 0 amide bonds. The molecule has 0 bridgehead atoms. The van der Waals surface area contributed by atoms with E-state index in [1.807, 2.05) is 0 Å². The molecule has 12 heavy (non-hydrogen) atoms. The number of halogens is 2. The number of hydrogen-bond acceptors (Lipinski definition) is 0. The highest BCUT2D eigenvalue weighted by Crippen LogP contribution is 2.27. The molecule has 0 N–H and O–H groups in total. The van der Waals surface area contributed by atoms with Crippen molar-refractivity contribution >= 4 is 41.3 Å². The molecule has 3 heteroatoms. The van der Waals surface area contributed by atoms with Crippen molar-refractivity contribution in [2.75, 3.05) is 0 Å². The van der Waals surface area contributed by atoms with Gasteiger partial charge in [-0.2, -0.15) is 0 Å². The van der Waals surface area contributed by atoms with Crippen LogP contribution in [0.2, 0.25) is 12.6 Å². The standard InChI is InChI=1S/C9H20BrISi/c1-3-4-5-6-7-8-9-12(2,10)11/h3-9H2,1-2H3. The summed E-state index contributed by atoms with van der Waals surface area (Å²) in [7, 11) is 0. The van der Waals surface area contributed by atoms with E-state index in [4.69, 9.17) is 0 Å². The highest BCUT2D eigenvalue weighted by molar-refractivity contribution is 14.1. The predicted octanol–water partition coefficient (Wildman–Crippen LogP) is 5.25. The van der Waals surface area contributed by atoms with E-state index in [9.17, 15) is 0 Å². The van der Waals surface area contributed by atoms with Gasteiger partial charge < -0.3 is 0 Å². The van der Waals surface area contributed by atoms with Gasteiger partial charge >= 0.3 is 0 Å². The van der Waals surface area contributed by atoms with Crippen LogP contribution in [0, 0.1) is 0 Å². The lowest BCUT2D eigenvalue weighted by atomic mass is 10.1. The molecule has 0 fully saturated rings. The third-order valence-electron chi connectivity index (χ3n) is 1.97. The van der Waals surface area contributed by atoms with Gasteiger partial charge in [0.05, 0.1) is 0 Å². The Morgan fingerprint density at radius 1 is 1.08 bits per heavy atom. The molecule has 0 aliphatic carbocycles. The molecule has 0 saturated carbocycles. The van der Waals surface area contributed by atoms with Crippen LogP contribution in [0.3, 0.4) is 0 Å². The van der Waals surface area contributed by atoms with Gasteiger partial charge in [0.15, 0.2) is 4.19 Å². The van der Waals surface area contributed by atoms with Crippen LogP contribution >= 0.6 is 37.1 Å². The fraction of sp³-hybridized carbons (Fsp3) is 1.00. The average molecular weight is 363 g/mol. The molecule has 0 aromatic rings. The van der Waals surface area contributed by atoms with Gasteiger partial charge in [-0.25, -0.2) is 0 Å². The summed E-state index contributed by atoms with van der Waals surface area (Å²) < 4.78 is -0.943. The van der Waals surface area contributed by atoms with Gasteiger partial charge in [0.1, 0.15) is 0 Å². The van der Waals surface area contributed by atoms with Crippen molar-refractivity contribution in [3.8, 4) is 0 Å². The molecule has 1 atom stereocenters. The SMILES string of the molecule is CCCCCCCC[Si](C)(Br)I. The topological polar surface area (TPSA) is 0 Å². The summed E-state index contributed by atoms with van der Waals surface area (Å²) in [6.07, 6.45) is 8.54. The Balaban J connectivity index is 3.01. The summed E-state index contributed by atoms with van der Waals surface area (Å²) in [6, 6.07) is 1.43. The van der Waals surface area contributed by atoms with Crippen molar-refractivity contribution in [2.45, 2.75) is 58.0 Å². The first-order valence-corrected chi connectivity index (χ1v) is 13.0. The normalized spacial score (nSPS) is 16.0. The van der Waals surface area contributed by atoms with Gasteiger partial charge in [0.2, 0.25) is 0 Å². The molecule has 0 rings (SSSR count). The summed E-state index contributed by atoms with van der Waals surface area (Å²) in [4.78, 5) is 0. The quantitative estimate of drug-likeness (QED) is 0.251. The zero-order valence-electron chi connectivity index (χ0n) is 8.21. The lowest BCUT2D eigenvalue weighted by molar-refractivity contribution is 0.624. The van der Waals surface area contributed by atoms with Crippen LogP contribution < -0.4 is 0 Å². The lowest BCUT2D eigenvalue weighted by Crippen LogP contribution is -2.09. The number of unbranched alkanes of at least 4 members (excludes halogenated alkanes) is 5. The molecule has 0 radical (unpaired) electrons. The molecule has 0 aromatic heterocycles. The Bertz CT molecular complexity index is 101. The third-order valence-corrected chi connectivity index (χ3v) is 6.01. The predicted molar refractivity (Wildman–Crippen MR) is 72.7 cm³/mol. The number of hydrogen-bond donors (Lipinski definition) is 0. The maximum absolute atomic E-state index is 3.79. The summed E-state index contributed by atoms with van der Waals surface area (Å²) in [6.45, 7) is 4.65. The van der Waals surface area contributed by atoms with Crippen LogP contribution in [-0.4, -0.2) is 4.19 Å². The minimum absolute atomic E-state index is 0.943. The largest absolute Gasteiger partial charge is 0.193 e. The second kappa shape index (κ2) is 7.80. The minimum atomic E-state index is -0.943. The van der Waals surface area contributed by atoms with Gasteiger partial charge in [-0.3, -0.25) is 0 Å². The van der Waals surface area contributed by atoms with Crippen molar-refractivity contribution < 1.29 is 0 Å². The summed E-state index contributed by atoms with van der Waals surface area (Å²) in [5, 5.41) is 0. The van der Waals surface area contributed by atoms with E-state index in [1.165, 1.54) is 44.6 Å². The Morgan fingerprint density at radius 3 is 2.08 bits per heavy atom. The molecule has 0 spiro atoms. The van der Waals surface area contributed by atoms with Gasteiger partial charge in [0, 0.05) is 0 Å².